The number of rotatable bonds is 5. The highest BCUT2D eigenvalue weighted by Gasteiger charge is 2.31. The van der Waals surface area contributed by atoms with Gasteiger partial charge in [0.25, 0.3) is 5.56 Å². The van der Waals surface area contributed by atoms with E-state index in [1.165, 1.54) is 0 Å². The summed E-state index contributed by atoms with van der Waals surface area (Å²) in [7, 11) is 0. The van der Waals surface area contributed by atoms with Crippen molar-refractivity contribution in [2.24, 2.45) is 0 Å². The maximum Gasteiger partial charge on any atom is 0.417 e. The summed E-state index contributed by atoms with van der Waals surface area (Å²) in [5, 5.41) is 2.63. The zero-order valence-corrected chi connectivity index (χ0v) is 13.0. The van der Waals surface area contributed by atoms with Crippen LogP contribution in [0, 0.1) is 0 Å². The number of carbonyl (C=O) groups is 1. The minimum absolute atomic E-state index is 0.0494. The molecule has 0 unspecified atom stereocenters. The van der Waals surface area contributed by atoms with E-state index in [0.717, 1.165) is 16.2 Å². The third-order valence-corrected chi connectivity index (χ3v) is 3.60. The van der Waals surface area contributed by atoms with Crippen LogP contribution in [0.3, 0.4) is 0 Å². The average molecular weight is 338 g/mol. The average Bonchev–Trinajstić information content (AvgIpc) is 2.54. The SMILES string of the molecule is C[C@@H](CNC(=O)Cn1cc(C(F)(F)F)ccc1=O)c1ccccc1. The smallest absolute Gasteiger partial charge is 0.354 e. The van der Waals surface area contributed by atoms with Crippen LogP contribution in [0.5, 0.6) is 0 Å². The van der Waals surface area contributed by atoms with E-state index in [9.17, 15) is 22.8 Å². The molecule has 2 rings (SSSR count). The Hall–Kier alpha value is -2.57. The van der Waals surface area contributed by atoms with Gasteiger partial charge >= 0.3 is 6.18 Å². The van der Waals surface area contributed by atoms with E-state index in [-0.39, 0.29) is 5.92 Å². The van der Waals surface area contributed by atoms with Gasteiger partial charge in [-0.3, -0.25) is 9.59 Å². The number of halogens is 3. The van der Waals surface area contributed by atoms with Gasteiger partial charge in [-0.25, -0.2) is 0 Å². The number of carbonyl (C=O) groups excluding carboxylic acids is 1. The Bertz CT molecular complexity index is 754. The molecule has 0 saturated carbocycles. The molecule has 0 radical (unpaired) electrons. The monoisotopic (exact) mass is 338 g/mol. The van der Waals surface area contributed by atoms with Gasteiger partial charge in [0.05, 0.1) is 5.56 Å². The molecule has 0 bridgehead atoms. The standard InChI is InChI=1S/C17H17F3N2O2/c1-12(13-5-3-2-4-6-13)9-21-15(23)11-22-10-14(17(18,19)20)7-8-16(22)24/h2-8,10,12H,9,11H2,1H3,(H,21,23)/t12-/m0/s1. The van der Waals surface area contributed by atoms with E-state index in [0.29, 0.717) is 18.8 Å². The van der Waals surface area contributed by atoms with Gasteiger partial charge in [0.2, 0.25) is 5.91 Å². The molecule has 1 aromatic heterocycles. The Labute approximate surface area is 136 Å². The molecule has 1 heterocycles. The predicted octanol–water partition coefficient (Wildman–Crippen LogP) is 2.79. The van der Waals surface area contributed by atoms with Gasteiger partial charge in [0.15, 0.2) is 0 Å². The van der Waals surface area contributed by atoms with Crippen LogP contribution in [0.2, 0.25) is 0 Å². The molecule has 0 aliphatic carbocycles. The summed E-state index contributed by atoms with van der Waals surface area (Å²) in [5.41, 5.74) is -0.587. The lowest BCUT2D eigenvalue weighted by Gasteiger charge is -2.14. The number of nitrogens with zero attached hydrogens (tertiary/aromatic N) is 1. The lowest BCUT2D eigenvalue weighted by atomic mass is 10.0. The number of pyridine rings is 1. The number of hydrogen-bond acceptors (Lipinski definition) is 2. The van der Waals surface area contributed by atoms with Crippen molar-refractivity contribution < 1.29 is 18.0 Å². The molecule has 0 saturated heterocycles. The van der Waals surface area contributed by atoms with Crippen molar-refractivity contribution in [3.8, 4) is 0 Å². The van der Waals surface area contributed by atoms with Gasteiger partial charge in [-0.15, -0.1) is 0 Å². The highest BCUT2D eigenvalue weighted by molar-refractivity contribution is 5.75. The first-order chi connectivity index (χ1) is 11.3. The van der Waals surface area contributed by atoms with Gasteiger partial charge in [-0.1, -0.05) is 37.3 Å². The van der Waals surface area contributed by atoms with E-state index in [2.05, 4.69) is 5.32 Å². The second-order valence-corrected chi connectivity index (χ2v) is 5.50. The molecule has 0 aliphatic rings. The van der Waals surface area contributed by atoms with Gasteiger partial charge < -0.3 is 9.88 Å². The van der Waals surface area contributed by atoms with E-state index in [4.69, 9.17) is 0 Å². The molecule has 4 nitrogen and oxygen atoms in total. The number of aromatic nitrogens is 1. The molecule has 1 N–H and O–H groups in total. The largest absolute Gasteiger partial charge is 0.417 e. The van der Waals surface area contributed by atoms with E-state index in [1.807, 2.05) is 37.3 Å². The van der Waals surface area contributed by atoms with E-state index >= 15 is 0 Å². The summed E-state index contributed by atoms with van der Waals surface area (Å²) >= 11 is 0. The topological polar surface area (TPSA) is 51.1 Å². The van der Waals surface area contributed by atoms with Crippen LogP contribution >= 0.6 is 0 Å². The Kier molecular flexibility index (Phi) is 5.43. The third-order valence-electron chi connectivity index (χ3n) is 3.60. The fourth-order valence-corrected chi connectivity index (χ4v) is 2.20. The number of alkyl halides is 3. The molecular formula is C17H17F3N2O2. The lowest BCUT2D eigenvalue weighted by Crippen LogP contribution is -2.34. The van der Waals surface area contributed by atoms with Gasteiger partial charge in [-0.05, 0) is 17.5 Å². The summed E-state index contributed by atoms with van der Waals surface area (Å²) in [6, 6.07) is 11.0. The van der Waals surface area contributed by atoms with Crippen molar-refractivity contribution in [1.29, 1.82) is 0 Å². The molecule has 1 aromatic carbocycles. The zero-order chi connectivity index (χ0) is 17.7. The minimum atomic E-state index is -4.56. The first kappa shape index (κ1) is 17.8. The van der Waals surface area contributed by atoms with Crippen LogP contribution < -0.4 is 10.9 Å². The fourth-order valence-electron chi connectivity index (χ4n) is 2.20. The van der Waals surface area contributed by atoms with E-state index < -0.39 is 29.8 Å². The Balaban J connectivity index is 1.99. The molecule has 0 aliphatic heterocycles. The van der Waals surface area contributed by atoms with Crippen molar-refractivity contribution in [3.63, 3.8) is 0 Å². The second kappa shape index (κ2) is 7.33. The van der Waals surface area contributed by atoms with Crippen LogP contribution in [0.4, 0.5) is 13.2 Å². The first-order valence-corrected chi connectivity index (χ1v) is 7.36. The van der Waals surface area contributed by atoms with Gasteiger partial charge in [0.1, 0.15) is 6.54 Å². The summed E-state index contributed by atoms with van der Waals surface area (Å²) < 4.78 is 38.7. The normalized spacial score (nSPS) is 12.7. The predicted molar refractivity (Wildman–Crippen MR) is 83.6 cm³/mol. The molecule has 0 fully saturated rings. The van der Waals surface area contributed by atoms with Crippen molar-refractivity contribution in [1.82, 2.24) is 9.88 Å². The number of benzene rings is 1. The Morgan fingerprint density at radius 1 is 1.17 bits per heavy atom. The maximum atomic E-state index is 12.7. The highest BCUT2D eigenvalue weighted by atomic mass is 19.4. The summed E-state index contributed by atoms with van der Waals surface area (Å²) in [4.78, 5) is 23.5. The van der Waals surface area contributed by atoms with Crippen LogP contribution in [-0.4, -0.2) is 17.0 Å². The summed E-state index contributed by atoms with van der Waals surface area (Å²) in [6.07, 6.45) is -3.91. The highest BCUT2D eigenvalue weighted by Crippen LogP contribution is 2.27. The quantitative estimate of drug-likeness (QED) is 0.911. The number of nitrogens with one attached hydrogen (secondary N) is 1. The van der Waals surface area contributed by atoms with E-state index in [1.54, 1.807) is 0 Å². The fraction of sp³-hybridized carbons (Fsp3) is 0.294. The Morgan fingerprint density at radius 3 is 2.46 bits per heavy atom. The molecule has 2 aromatic rings. The molecule has 0 spiro atoms. The van der Waals surface area contributed by atoms with Crippen LogP contribution in [0.15, 0.2) is 53.5 Å². The molecule has 1 amide bonds. The maximum absolute atomic E-state index is 12.7. The van der Waals surface area contributed by atoms with Crippen LogP contribution in [0.25, 0.3) is 0 Å². The van der Waals surface area contributed by atoms with Crippen molar-refractivity contribution in [2.45, 2.75) is 25.6 Å². The van der Waals surface area contributed by atoms with Crippen LogP contribution in [0.1, 0.15) is 24.0 Å². The molecule has 1 atom stereocenters. The lowest BCUT2D eigenvalue weighted by molar-refractivity contribution is -0.138. The number of amides is 1. The molecule has 7 heteroatoms. The van der Waals surface area contributed by atoms with Gasteiger partial charge in [-0.2, -0.15) is 13.2 Å². The van der Waals surface area contributed by atoms with Crippen molar-refractivity contribution >= 4 is 5.91 Å². The van der Waals surface area contributed by atoms with Crippen LogP contribution in [-0.2, 0) is 17.5 Å². The summed E-state index contributed by atoms with van der Waals surface area (Å²) in [5.74, 6) is -0.465. The summed E-state index contributed by atoms with van der Waals surface area (Å²) in [6.45, 7) is 1.80. The molecule has 24 heavy (non-hydrogen) atoms. The van der Waals surface area contributed by atoms with Crippen molar-refractivity contribution in [2.75, 3.05) is 6.54 Å². The molecular weight excluding hydrogens is 321 g/mol. The van der Waals surface area contributed by atoms with Gasteiger partial charge in [0, 0.05) is 18.8 Å². The zero-order valence-electron chi connectivity index (χ0n) is 13.0. The Morgan fingerprint density at radius 2 is 1.83 bits per heavy atom. The first-order valence-electron chi connectivity index (χ1n) is 7.36. The second-order valence-electron chi connectivity index (χ2n) is 5.50. The number of hydrogen-bond donors (Lipinski definition) is 1. The third kappa shape index (κ3) is 4.71. The minimum Gasteiger partial charge on any atom is -0.354 e. The molecule has 128 valence electrons. The van der Waals surface area contributed by atoms with Crippen molar-refractivity contribution in [3.05, 3.63) is 70.1 Å².